The van der Waals surface area contributed by atoms with Gasteiger partial charge in [0.2, 0.25) is 0 Å². The van der Waals surface area contributed by atoms with E-state index >= 15 is 0 Å². The predicted octanol–water partition coefficient (Wildman–Crippen LogP) is 3.56. The van der Waals surface area contributed by atoms with Gasteiger partial charge in [-0.15, -0.1) is 0 Å². The summed E-state index contributed by atoms with van der Waals surface area (Å²) in [4.78, 5) is 24.7. The third-order valence-corrected chi connectivity index (χ3v) is 6.23. The highest BCUT2D eigenvalue weighted by atomic mass is 16.7. The minimum Gasteiger partial charge on any atom is -0.465 e. The van der Waals surface area contributed by atoms with Crippen molar-refractivity contribution in [2.24, 2.45) is 0 Å². The SMILES string of the molecule is COC(=O)c1c(C)c(COCC(=O)OC(C)(C)C)c(C)c(B2OC(C)(C)C(C)(C)O2)c1C. The molecule has 0 N–H and O–H groups in total. The Kier molecular flexibility index (Phi) is 7.54. The van der Waals surface area contributed by atoms with Crippen LogP contribution in [0.15, 0.2) is 0 Å². The monoisotopic (exact) mass is 448 g/mol. The van der Waals surface area contributed by atoms with Crippen LogP contribution in [0, 0.1) is 20.8 Å². The highest BCUT2D eigenvalue weighted by Gasteiger charge is 2.53. The highest BCUT2D eigenvalue weighted by Crippen LogP contribution is 2.37. The zero-order valence-electron chi connectivity index (χ0n) is 21.3. The van der Waals surface area contributed by atoms with E-state index in [-0.39, 0.29) is 13.2 Å². The van der Waals surface area contributed by atoms with Gasteiger partial charge in [-0.25, -0.2) is 9.59 Å². The van der Waals surface area contributed by atoms with Gasteiger partial charge in [0.15, 0.2) is 0 Å². The predicted molar refractivity (Wildman–Crippen MR) is 123 cm³/mol. The molecule has 2 rings (SSSR count). The van der Waals surface area contributed by atoms with Crippen LogP contribution in [0.2, 0.25) is 0 Å². The van der Waals surface area contributed by atoms with Crippen molar-refractivity contribution in [2.75, 3.05) is 13.7 Å². The first-order chi connectivity index (χ1) is 14.5. The average Bonchev–Trinajstić information content (AvgIpc) is 2.83. The van der Waals surface area contributed by atoms with E-state index < -0.39 is 35.9 Å². The molecular formula is C24H37BO7. The normalized spacial score (nSPS) is 17.4. The lowest BCUT2D eigenvalue weighted by molar-refractivity contribution is -0.160. The Hall–Kier alpha value is -1.90. The molecule has 0 aliphatic carbocycles. The Bertz CT molecular complexity index is 881. The van der Waals surface area contributed by atoms with E-state index in [1.807, 2.05) is 48.5 Å². The molecule has 0 bridgehead atoms. The largest absolute Gasteiger partial charge is 0.495 e. The molecule has 0 aromatic heterocycles. The quantitative estimate of drug-likeness (QED) is 0.486. The van der Waals surface area contributed by atoms with E-state index in [1.54, 1.807) is 20.8 Å². The van der Waals surface area contributed by atoms with Crippen molar-refractivity contribution in [3.8, 4) is 0 Å². The smallest absolute Gasteiger partial charge is 0.465 e. The second-order valence-corrected chi connectivity index (χ2v) is 10.3. The molecule has 178 valence electrons. The van der Waals surface area contributed by atoms with Crippen molar-refractivity contribution < 1.29 is 33.1 Å². The molecule has 7 nitrogen and oxygen atoms in total. The van der Waals surface area contributed by atoms with Gasteiger partial charge >= 0.3 is 19.1 Å². The van der Waals surface area contributed by atoms with Gasteiger partial charge < -0.3 is 23.5 Å². The first kappa shape index (κ1) is 26.4. The number of carbonyl (C=O) groups excluding carboxylic acids is 2. The standard InChI is InChI=1S/C24H37BO7/c1-14-17(12-29-13-18(26)30-22(4,5)6)15(2)20(16(3)19(14)21(27)28-11)25-31-23(7,8)24(9,10)32-25/h12-13H2,1-11H3. The zero-order chi connectivity index (χ0) is 24.6. The van der Waals surface area contributed by atoms with Gasteiger partial charge in [-0.3, -0.25) is 0 Å². The molecule has 0 atom stereocenters. The van der Waals surface area contributed by atoms with Gasteiger partial charge in [0.1, 0.15) is 12.2 Å². The molecule has 8 heteroatoms. The number of benzene rings is 1. The van der Waals surface area contributed by atoms with Crippen LogP contribution in [0.3, 0.4) is 0 Å². The number of hydrogen-bond acceptors (Lipinski definition) is 7. The molecule has 0 unspecified atom stereocenters. The lowest BCUT2D eigenvalue weighted by Gasteiger charge is -2.32. The molecule has 0 radical (unpaired) electrons. The van der Waals surface area contributed by atoms with Crippen LogP contribution < -0.4 is 5.46 Å². The van der Waals surface area contributed by atoms with Crippen molar-refractivity contribution in [1.82, 2.24) is 0 Å². The van der Waals surface area contributed by atoms with Crippen LogP contribution in [0.25, 0.3) is 0 Å². The maximum absolute atomic E-state index is 12.7. The van der Waals surface area contributed by atoms with E-state index in [4.69, 9.17) is 23.5 Å². The third kappa shape index (κ3) is 5.35. The van der Waals surface area contributed by atoms with Crippen molar-refractivity contribution in [1.29, 1.82) is 0 Å². The number of rotatable bonds is 6. The van der Waals surface area contributed by atoms with Gasteiger partial charge in [-0.1, -0.05) is 0 Å². The number of esters is 2. The summed E-state index contributed by atoms with van der Waals surface area (Å²) < 4.78 is 28.6. The first-order valence-electron chi connectivity index (χ1n) is 10.9. The fraction of sp³-hybridized carbons (Fsp3) is 0.667. The number of hydrogen-bond donors (Lipinski definition) is 0. The summed E-state index contributed by atoms with van der Waals surface area (Å²) in [7, 11) is 0.711. The fourth-order valence-corrected chi connectivity index (χ4v) is 3.84. The summed E-state index contributed by atoms with van der Waals surface area (Å²) in [5, 5.41) is 0. The Morgan fingerprint density at radius 3 is 1.94 bits per heavy atom. The van der Waals surface area contributed by atoms with Crippen LogP contribution in [0.1, 0.15) is 81.1 Å². The van der Waals surface area contributed by atoms with Crippen LogP contribution in [-0.2, 0) is 34.9 Å². The Balaban J connectivity index is 2.45. The Labute approximate surface area is 192 Å². The van der Waals surface area contributed by atoms with Crippen molar-refractivity contribution in [3.05, 3.63) is 27.8 Å². The number of carbonyl (C=O) groups is 2. The lowest BCUT2D eigenvalue weighted by Crippen LogP contribution is -2.41. The molecule has 1 aliphatic heterocycles. The number of methoxy groups -OCH3 is 1. The molecule has 1 aromatic carbocycles. The third-order valence-electron chi connectivity index (χ3n) is 6.23. The van der Waals surface area contributed by atoms with Crippen LogP contribution in [0.5, 0.6) is 0 Å². The molecule has 0 saturated carbocycles. The van der Waals surface area contributed by atoms with E-state index in [0.717, 1.165) is 27.7 Å². The second-order valence-electron chi connectivity index (χ2n) is 10.3. The molecule has 1 heterocycles. The molecule has 32 heavy (non-hydrogen) atoms. The topological polar surface area (TPSA) is 80.3 Å². The summed E-state index contributed by atoms with van der Waals surface area (Å²) in [5.41, 5.74) is 2.79. The van der Waals surface area contributed by atoms with Crippen LogP contribution in [-0.4, -0.2) is 49.6 Å². The summed E-state index contributed by atoms with van der Waals surface area (Å²) >= 11 is 0. The first-order valence-corrected chi connectivity index (χ1v) is 10.9. The van der Waals surface area contributed by atoms with Gasteiger partial charge in [0.25, 0.3) is 0 Å². The van der Waals surface area contributed by atoms with Gasteiger partial charge in [0, 0.05) is 0 Å². The van der Waals surface area contributed by atoms with E-state index in [2.05, 4.69) is 0 Å². The molecule has 1 aromatic rings. The van der Waals surface area contributed by atoms with Crippen LogP contribution in [0.4, 0.5) is 0 Å². The fourth-order valence-electron chi connectivity index (χ4n) is 3.84. The molecule has 1 aliphatic rings. The summed E-state index contributed by atoms with van der Waals surface area (Å²) in [6, 6.07) is 0. The van der Waals surface area contributed by atoms with Crippen molar-refractivity contribution >= 4 is 24.5 Å². The molecule has 1 saturated heterocycles. The lowest BCUT2D eigenvalue weighted by atomic mass is 9.70. The summed E-state index contributed by atoms with van der Waals surface area (Å²) in [5.74, 6) is -0.884. The van der Waals surface area contributed by atoms with Gasteiger partial charge in [0.05, 0.1) is 30.5 Å². The zero-order valence-corrected chi connectivity index (χ0v) is 21.3. The Morgan fingerprint density at radius 1 is 0.938 bits per heavy atom. The molecule has 1 fully saturated rings. The summed E-state index contributed by atoms with van der Waals surface area (Å²) in [6.07, 6.45) is 0. The number of ether oxygens (including phenoxy) is 3. The highest BCUT2D eigenvalue weighted by molar-refractivity contribution is 6.63. The van der Waals surface area contributed by atoms with E-state index in [9.17, 15) is 9.59 Å². The maximum Gasteiger partial charge on any atom is 0.495 e. The average molecular weight is 448 g/mol. The summed E-state index contributed by atoms with van der Waals surface area (Å²) in [6.45, 7) is 19.0. The van der Waals surface area contributed by atoms with E-state index in [1.165, 1.54) is 7.11 Å². The maximum atomic E-state index is 12.7. The molecule has 0 amide bonds. The molecule has 0 spiro atoms. The minimum atomic E-state index is -0.645. The van der Waals surface area contributed by atoms with Gasteiger partial charge in [-0.2, -0.15) is 0 Å². The van der Waals surface area contributed by atoms with Crippen LogP contribution >= 0.6 is 0 Å². The van der Waals surface area contributed by atoms with Gasteiger partial charge in [-0.05, 0) is 97.0 Å². The second kappa shape index (κ2) is 9.16. The van der Waals surface area contributed by atoms with E-state index in [0.29, 0.717) is 5.56 Å². The van der Waals surface area contributed by atoms with Crippen molar-refractivity contribution in [3.63, 3.8) is 0 Å². The molecular weight excluding hydrogens is 411 g/mol. The Morgan fingerprint density at radius 2 is 1.47 bits per heavy atom. The van der Waals surface area contributed by atoms with Crippen molar-refractivity contribution in [2.45, 2.75) is 92.6 Å². The minimum absolute atomic E-state index is 0.133.